The Labute approximate surface area is 133 Å². The van der Waals surface area contributed by atoms with Gasteiger partial charge in [0.15, 0.2) is 0 Å². The first kappa shape index (κ1) is 16.4. The highest BCUT2D eigenvalue weighted by Crippen LogP contribution is 2.13. The van der Waals surface area contributed by atoms with E-state index in [9.17, 15) is 14.7 Å². The summed E-state index contributed by atoms with van der Waals surface area (Å²) in [5, 5.41) is 9.98. The Bertz CT molecular complexity index is 594. The molecule has 2 aliphatic rings. The smallest absolute Gasteiger partial charge is 0.347 e. The molecule has 2 aliphatic heterocycles. The number of hydrogen-bond acceptors (Lipinski definition) is 6. The number of ether oxygens (including phenoxy) is 3. The van der Waals surface area contributed by atoms with Crippen molar-refractivity contribution in [3.63, 3.8) is 0 Å². The number of aliphatic hydroxyl groups excluding tert-OH is 1. The maximum atomic E-state index is 12.5. The molecule has 1 aromatic rings. The number of nitrogens with zero attached hydrogens (tertiary/aromatic N) is 3. The molecule has 9 heteroatoms. The monoisotopic (exact) mass is 329 g/mol. The molecule has 0 saturated carbocycles. The van der Waals surface area contributed by atoms with E-state index in [1.54, 1.807) is 0 Å². The van der Waals surface area contributed by atoms with Gasteiger partial charge in [0.05, 0.1) is 45.6 Å². The van der Waals surface area contributed by atoms with Crippen LogP contribution in [0.1, 0.15) is 13.3 Å². The third-order valence-corrected chi connectivity index (χ3v) is 3.80. The minimum Gasteiger partial charge on any atom is -0.389 e. The van der Waals surface area contributed by atoms with Crippen LogP contribution in [0.25, 0.3) is 0 Å². The van der Waals surface area contributed by atoms with Gasteiger partial charge in [-0.05, 0) is 6.42 Å². The van der Waals surface area contributed by atoms with Crippen LogP contribution < -0.4 is 11.4 Å². The summed E-state index contributed by atoms with van der Waals surface area (Å²) >= 11 is 0. The van der Waals surface area contributed by atoms with Crippen LogP contribution in [0.4, 0.5) is 0 Å². The molecule has 3 rings (SSSR count). The molecule has 0 spiro atoms. The second-order valence-electron chi connectivity index (χ2n) is 5.98. The van der Waals surface area contributed by atoms with Gasteiger partial charge in [0.2, 0.25) is 0 Å². The lowest BCUT2D eigenvalue weighted by Gasteiger charge is -2.09. The Balaban J connectivity index is 1.76. The Hall–Kier alpha value is -1.42. The summed E-state index contributed by atoms with van der Waals surface area (Å²) in [6.07, 6.45) is -0.0941. The van der Waals surface area contributed by atoms with Crippen molar-refractivity contribution in [3.05, 3.63) is 21.0 Å². The van der Waals surface area contributed by atoms with Crippen LogP contribution in [0.15, 0.2) is 9.59 Å². The summed E-state index contributed by atoms with van der Waals surface area (Å²) < 4.78 is 19.4. The highest BCUT2D eigenvalue weighted by atomic mass is 16.6. The molecule has 0 aliphatic carbocycles. The van der Waals surface area contributed by atoms with Crippen LogP contribution in [0.5, 0.6) is 0 Å². The Morgan fingerprint density at radius 3 is 2.13 bits per heavy atom. The zero-order chi connectivity index (χ0) is 16.4. The van der Waals surface area contributed by atoms with Crippen LogP contribution in [0, 0.1) is 0 Å². The molecule has 2 fully saturated rings. The molecule has 0 aromatic carbocycles. The van der Waals surface area contributed by atoms with Gasteiger partial charge >= 0.3 is 11.4 Å². The number of aliphatic hydroxyl groups is 1. The highest BCUT2D eigenvalue weighted by Gasteiger charge is 2.31. The molecular formula is C14H23N3O6. The number of hydrogen-bond donors (Lipinski definition) is 1. The summed E-state index contributed by atoms with van der Waals surface area (Å²) in [7, 11) is 0. The van der Waals surface area contributed by atoms with E-state index < -0.39 is 17.5 Å². The largest absolute Gasteiger partial charge is 0.389 e. The van der Waals surface area contributed by atoms with Crippen molar-refractivity contribution in [3.8, 4) is 0 Å². The van der Waals surface area contributed by atoms with E-state index in [2.05, 4.69) is 0 Å². The predicted molar refractivity (Wildman–Crippen MR) is 79.5 cm³/mol. The molecule has 3 heterocycles. The fourth-order valence-corrected chi connectivity index (χ4v) is 2.44. The zero-order valence-corrected chi connectivity index (χ0v) is 13.2. The maximum Gasteiger partial charge on any atom is 0.347 e. The van der Waals surface area contributed by atoms with E-state index in [4.69, 9.17) is 14.2 Å². The molecule has 3 unspecified atom stereocenters. The average Bonchev–Trinajstić information content (AvgIpc) is 3.41. The zero-order valence-electron chi connectivity index (χ0n) is 13.2. The lowest BCUT2D eigenvalue weighted by atomic mass is 10.4. The molecule has 1 N–H and O–H groups in total. The van der Waals surface area contributed by atoms with Gasteiger partial charge in [-0.25, -0.2) is 23.5 Å². The van der Waals surface area contributed by atoms with Gasteiger partial charge in [-0.1, -0.05) is 6.92 Å². The van der Waals surface area contributed by atoms with Crippen molar-refractivity contribution in [2.45, 2.75) is 51.3 Å². The normalized spacial score (nSPS) is 23.9. The lowest BCUT2D eigenvalue weighted by molar-refractivity contribution is 0.0273. The third-order valence-electron chi connectivity index (χ3n) is 3.80. The summed E-state index contributed by atoms with van der Waals surface area (Å²) in [6.45, 7) is 4.41. The standard InChI is InChI=1S/C14H23N3O6/c1-2-3-21-7-10(18)4-15-13(19)16(5-11-8-22-11)17(14(15)20)6-12-9-23-12/h10-12,18H,2-9H2,1H3. The second kappa shape index (κ2) is 7.00. The van der Waals surface area contributed by atoms with Gasteiger partial charge in [-0.2, -0.15) is 0 Å². The van der Waals surface area contributed by atoms with E-state index in [1.165, 1.54) is 9.36 Å². The first-order valence-electron chi connectivity index (χ1n) is 7.99. The van der Waals surface area contributed by atoms with Crippen molar-refractivity contribution >= 4 is 0 Å². The number of epoxide rings is 2. The van der Waals surface area contributed by atoms with Crippen molar-refractivity contribution in [2.75, 3.05) is 26.4 Å². The highest BCUT2D eigenvalue weighted by molar-refractivity contribution is 4.82. The second-order valence-corrected chi connectivity index (χ2v) is 5.98. The Morgan fingerprint density at radius 2 is 1.70 bits per heavy atom. The summed E-state index contributed by atoms with van der Waals surface area (Å²) in [6, 6.07) is 0. The van der Waals surface area contributed by atoms with E-state index in [-0.39, 0.29) is 25.4 Å². The maximum absolute atomic E-state index is 12.5. The van der Waals surface area contributed by atoms with Crippen molar-refractivity contribution in [2.24, 2.45) is 0 Å². The van der Waals surface area contributed by atoms with Crippen LogP contribution in [0.2, 0.25) is 0 Å². The van der Waals surface area contributed by atoms with E-state index in [1.807, 2.05) is 6.92 Å². The SMILES string of the molecule is CCCOCC(O)Cn1c(=O)n(CC2CO2)n(CC2CO2)c1=O. The van der Waals surface area contributed by atoms with Crippen molar-refractivity contribution in [1.82, 2.24) is 13.9 Å². The molecule has 0 amide bonds. The van der Waals surface area contributed by atoms with Crippen LogP contribution in [-0.4, -0.2) is 63.8 Å². The molecule has 130 valence electrons. The quantitative estimate of drug-likeness (QED) is 0.409. The molecule has 3 atom stereocenters. The van der Waals surface area contributed by atoms with Crippen LogP contribution in [-0.2, 0) is 33.8 Å². The first-order chi connectivity index (χ1) is 11.1. The molecule has 9 nitrogen and oxygen atoms in total. The van der Waals surface area contributed by atoms with Gasteiger partial charge < -0.3 is 19.3 Å². The minimum atomic E-state index is -0.898. The Morgan fingerprint density at radius 1 is 1.17 bits per heavy atom. The van der Waals surface area contributed by atoms with Gasteiger partial charge in [0, 0.05) is 6.61 Å². The van der Waals surface area contributed by atoms with Gasteiger partial charge in [-0.15, -0.1) is 0 Å². The first-order valence-corrected chi connectivity index (χ1v) is 7.99. The minimum absolute atomic E-state index is 0.0212. The molecular weight excluding hydrogens is 306 g/mol. The number of aromatic nitrogens is 3. The lowest BCUT2D eigenvalue weighted by Crippen LogP contribution is -2.35. The molecule has 0 radical (unpaired) electrons. The Kier molecular flexibility index (Phi) is 5.00. The summed E-state index contributed by atoms with van der Waals surface area (Å²) in [4.78, 5) is 25.0. The molecule has 0 bridgehead atoms. The topological polar surface area (TPSA) is 103 Å². The third kappa shape index (κ3) is 4.11. The molecule has 23 heavy (non-hydrogen) atoms. The predicted octanol–water partition coefficient (Wildman–Crippen LogP) is -1.60. The van der Waals surface area contributed by atoms with Crippen LogP contribution in [0.3, 0.4) is 0 Å². The van der Waals surface area contributed by atoms with Crippen molar-refractivity contribution < 1.29 is 19.3 Å². The van der Waals surface area contributed by atoms with Crippen LogP contribution >= 0.6 is 0 Å². The number of rotatable bonds is 10. The summed E-state index contributed by atoms with van der Waals surface area (Å²) in [5.41, 5.74) is -0.860. The van der Waals surface area contributed by atoms with Gasteiger partial charge in [0.1, 0.15) is 12.2 Å². The summed E-state index contributed by atoms with van der Waals surface area (Å²) in [5.74, 6) is 0. The van der Waals surface area contributed by atoms with Gasteiger partial charge in [0.25, 0.3) is 0 Å². The van der Waals surface area contributed by atoms with E-state index in [0.29, 0.717) is 32.9 Å². The van der Waals surface area contributed by atoms with E-state index >= 15 is 0 Å². The molecule has 2 saturated heterocycles. The average molecular weight is 329 g/mol. The fraction of sp³-hybridized carbons (Fsp3) is 0.857. The van der Waals surface area contributed by atoms with Gasteiger partial charge in [-0.3, -0.25) is 0 Å². The fourth-order valence-electron chi connectivity index (χ4n) is 2.44. The van der Waals surface area contributed by atoms with Crippen molar-refractivity contribution in [1.29, 1.82) is 0 Å². The van der Waals surface area contributed by atoms with E-state index in [0.717, 1.165) is 11.0 Å². The molecule has 1 aromatic heterocycles.